The molecule has 8 heteroatoms. The Balaban J connectivity index is 1.90. The number of benzene rings is 1. The molecule has 0 unspecified atom stereocenters. The maximum atomic E-state index is 10.4. The Hall–Kier alpha value is -2.64. The highest BCUT2D eigenvalue weighted by molar-refractivity contribution is 5.64. The van der Waals surface area contributed by atoms with Crippen molar-refractivity contribution in [3.8, 4) is 22.9 Å². The second-order valence-electron chi connectivity index (χ2n) is 3.58. The number of aromatic nitrogens is 4. The molecule has 0 saturated heterocycles. The number of hydrogen-bond acceptors (Lipinski definition) is 7. The number of ether oxygens (including phenoxy) is 2. The number of carboxylic acids is 1. The van der Waals surface area contributed by atoms with E-state index in [0.29, 0.717) is 22.9 Å². The maximum Gasteiger partial charge on any atom is 0.231 e. The summed E-state index contributed by atoms with van der Waals surface area (Å²) in [5.74, 6) is 0.295. The van der Waals surface area contributed by atoms with Gasteiger partial charge in [0, 0.05) is 5.56 Å². The Morgan fingerprint density at radius 3 is 3.06 bits per heavy atom. The number of aliphatic carboxylic acids is 1. The first-order valence-electron chi connectivity index (χ1n) is 5.10. The first-order valence-corrected chi connectivity index (χ1v) is 5.10. The van der Waals surface area contributed by atoms with Crippen molar-refractivity contribution < 1.29 is 19.4 Å². The minimum absolute atomic E-state index is 0.184. The molecule has 0 aliphatic carbocycles. The van der Waals surface area contributed by atoms with E-state index < -0.39 is 12.5 Å². The summed E-state index contributed by atoms with van der Waals surface area (Å²) in [6, 6.07) is 5.19. The third-order valence-electron chi connectivity index (χ3n) is 2.35. The van der Waals surface area contributed by atoms with Crippen molar-refractivity contribution in [2.75, 3.05) is 6.79 Å². The minimum atomic E-state index is -1.27. The predicted molar refractivity (Wildman–Crippen MR) is 54.4 cm³/mol. The number of rotatable bonds is 3. The van der Waals surface area contributed by atoms with Crippen LogP contribution in [-0.4, -0.2) is 33.0 Å². The van der Waals surface area contributed by atoms with Crippen LogP contribution in [-0.2, 0) is 11.3 Å². The van der Waals surface area contributed by atoms with E-state index in [2.05, 4.69) is 15.4 Å². The summed E-state index contributed by atoms with van der Waals surface area (Å²) in [4.78, 5) is 11.3. The number of carbonyl (C=O) groups excluding carboxylic acids is 1. The highest BCUT2D eigenvalue weighted by Gasteiger charge is 2.15. The molecule has 3 rings (SSSR count). The number of carboxylic acid groups (broad SMARTS) is 1. The molecule has 0 radical (unpaired) electrons. The molecule has 92 valence electrons. The fourth-order valence-electron chi connectivity index (χ4n) is 1.58. The molecule has 0 fully saturated rings. The summed E-state index contributed by atoms with van der Waals surface area (Å²) in [6.07, 6.45) is 0. The summed E-state index contributed by atoms with van der Waals surface area (Å²) in [5, 5.41) is 21.7. The lowest BCUT2D eigenvalue weighted by Crippen LogP contribution is -2.28. The Morgan fingerprint density at radius 1 is 1.39 bits per heavy atom. The second kappa shape index (κ2) is 3.99. The van der Waals surface area contributed by atoms with E-state index in [1.165, 1.54) is 0 Å². The van der Waals surface area contributed by atoms with Gasteiger partial charge in [-0.2, -0.15) is 4.80 Å². The van der Waals surface area contributed by atoms with Gasteiger partial charge in [0.15, 0.2) is 11.5 Å². The first-order chi connectivity index (χ1) is 8.72. The fourth-order valence-corrected chi connectivity index (χ4v) is 1.58. The zero-order chi connectivity index (χ0) is 12.5. The van der Waals surface area contributed by atoms with E-state index in [1.807, 2.05) is 0 Å². The van der Waals surface area contributed by atoms with Crippen molar-refractivity contribution in [3.63, 3.8) is 0 Å². The van der Waals surface area contributed by atoms with Crippen LogP contribution in [0.1, 0.15) is 0 Å². The predicted octanol–water partition coefficient (Wildman–Crippen LogP) is -1.18. The summed E-state index contributed by atoms with van der Waals surface area (Å²) >= 11 is 0. The summed E-state index contributed by atoms with van der Waals surface area (Å²) < 4.78 is 10.4. The molecule has 8 nitrogen and oxygen atoms in total. The lowest BCUT2D eigenvalue weighted by molar-refractivity contribution is -0.307. The lowest BCUT2D eigenvalue weighted by Gasteiger charge is -1.99. The van der Waals surface area contributed by atoms with Gasteiger partial charge in [-0.3, -0.25) is 0 Å². The number of hydrogen-bond donors (Lipinski definition) is 0. The Labute approximate surface area is 101 Å². The van der Waals surface area contributed by atoms with Crippen LogP contribution in [0.15, 0.2) is 18.2 Å². The van der Waals surface area contributed by atoms with Gasteiger partial charge in [0.2, 0.25) is 12.6 Å². The SMILES string of the molecule is O=C([O-])Cn1nnc(-c2ccc3c(c2)OCO3)n1. The second-order valence-corrected chi connectivity index (χ2v) is 3.58. The van der Waals surface area contributed by atoms with E-state index >= 15 is 0 Å². The van der Waals surface area contributed by atoms with Gasteiger partial charge in [-0.15, -0.1) is 10.2 Å². The standard InChI is InChI=1S/C10H8N4O4/c15-9(16)4-14-12-10(11-13-14)6-1-2-7-8(3-6)18-5-17-7/h1-3H,4-5H2,(H,15,16)/p-1. The molecule has 0 bridgehead atoms. The Bertz CT molecular complexity index is 610. The van der Waals surface area contributed by atoms with Gasteiger partial charge in [0.1, 0.15) is 6.54 Å². The summed E-state index contributed by atoms with van der Waals surface area (Å²) in [6.45, 7) is -0.249. The van der Waals surface area contributed by atoms with Crippen LogP contribution in [0.5, 0.6) is 11.5 Å². The van der Waals surface area contributed by atoms with E-state index in [0.717, 1.165) is 4.80 Å². The van der Waals surface area contributed by atoms with Crippen molar-refractivity contribution in [2.45, 2.75) is 6.54 Å². The zero-order valence-electron chi connectivity index (χ0n) is 9.07. The van der Waals surface area contributed by atoms with Gasteiger partial charge < -0.3 is 19.4 Å². The molecule has 0 amide bonds. The van der Waals surface area contributed by atoms with Crippen molar-refractivity contribution >= 4 is 5.97 Å². The van der Waals surface area contributed by atoms with Gasteiger partial charge in [-0.05, 0) is 23.4 Å². The van der Waals surface area contributed by atoms with E-state index in [1.54, 1.807) is 18.2 Å². The molecule has 1 aliphatic rings. The van der Waals surface area contributed by atoms with Gasteiger partial charge in [-0.25, -0.2) is 0 Å². The molecular formula is C10H7N4O4-. The van der Waals surface area contributed by atoms with Crippen LogP contribution < -0.4 is 14.6 Å². The van der Waals surface area contributed by atoms with Crippen LogP contribution in [0.3, 0.4) is 0 Å². The minimum Gasteiger partial charge on any atom is -0.548 e. The molecule has 0 spiro atoms. The third kappa shape index (κ3) is 1.83. The van der Waals surface area contributed by atoms with Gasteiger partial charge in [-0.1, -0.05) is 0 Å². The molecular weight excluding hydrogens is 240 g/mol. The fraction of sp³-hybridized carbons (Fsp3) is 0.200. The lowest BCUT2D eigenvalue weighted by atomic mass is 10.2. The van der Waals surface area contributed by atoms with E-state index in [9.17, 15) is 9.90 Å². The zero-order valence-corrected chi connectivity index (χ0v) is 9.07. The summed E-state index contributed by atoms with van der Waals surface area (Å²) in [7, 11) is 0. The molecule has 0 atom stereocenters. The van der Waals surface area contributed by atoms with Crippen LogP contribution in [0.25, 0.3) is 11.4 Å². The van der Waals surface area contributed by atoms with Gasteiger partial charge in [0.25, 0.3) is 0 Å². The Morgan fingerprint density at radius 2 is 2.22 bits per heavy atom. The summed E-state index contributed by atoms with van der Waals surface area (Å²) in [5.41, 5.74) is 0.670. The van der Waals surface area contributed by atoms with E-state index in [4.69, 9.17) is 9.47 Å². The van der Waals surface area contributed by atoms with Gasteiger partial charge in [0.05, 0.1) is 5.97 Å². The third-order valence-corrected chi connectivity index (χ3v) is 2.35. The molecule has 2 heterocycles. The highest BCUT2D eigenvalue weighted by Crippen LogP contribution is 2.34. The number of fused-ring (bicyclic) bond motifs is 1. The molecule has 1 aromatic heterocycles. The van der Waals surface area contributed by atoms with Crippen molar-refractivity contribution in [2.24, 2.45) is 0 Å². The molecule has 1 aromatic carbocycles. The number of carbonyl (C=O) groups is 1. The van der Waals surface area contributed by atoms with Crippen LogP contribution >= 0.6 is 0 Å². The van der Waals surface area contributed by atoms with Crippen LogP contribution in [0.2, 0.25) is 0 Å². The topological polar surface area (TPSA) is 102 Å². The first kappa shape index (κ1) is 10.5. The molecule has 2 aromatic rings. The normalized spacial score (nSPS) is 12.7. The quantitative estimate of drug-likeness (QED) is 0.672. The largest absolute Gasteiger partial charge is 0.548 e. The van der Waals surface area contributed by atoms with Crippen LogP contribution in [0, 0.1) is 0 Å². The average Bonchev–Trinajstić information content (AvgIpc) is 2.95. The number of tetrazole rings is 1. The molecule has 0 N–H and O–H groups in total. The van der Waals surface area contributed by atoms with Crippen LogP contribution in [0.4, 0.5) is 0 Å². The molecule has 1 aliphatic heterocycles. The maximum absolute atomic E-state index is 10.4. The number of nitrogens with zero attached hydrogens (tertiary/aromatic N) is 4. The monoisotopic (exact) mass is 247 g/mol. The van der Waals surface area contributed by atoms with E-state index in [-0.39, 0.29) is 6.79 Å². The van der Waals surface area contributed by atoms with Gasteiger partial charge >= 0.3 is 0 Å². The van der Waals surface area contributed by atoms with Crippen molar-refractivity contribution in [1.82, 2.24) is 20.2 Å². The Kier molecular flexibility index (Phi) is 2.33. The van der Waals surface area contributed by atoms with Crippen molar-refractivity contribution in [3.05, 3.63) is 18.2 Å². The molecule has 18 heavy (non-hydrogen) atoms. The smallest absolute Gasteiger partial charge is 0.231 e. The average molecular weight is 247 g/mol. The highest BCUT2D eigenvalue weighted by atomic mass is 16.7. The van der Waals surface area contributed by atoms with Crippen molar-refractivity contribution in [1.29, 1.82) is 0 Å². The molecule has 0 saturated carbocycles.